The van der Waals surface area contributed by atoms with Gasteiger partial charge in [-0.05, 0) is 31.0 Å². The van der Waals surface area contributed by atoms with Crippen LogP contribution in [-0.2, 0) is 9.84 Å². The van der Waals surface area contributed by atoms with Crippen molar-refractivity contribution in [2.45, 2.75) is 32.4 Å². The molecular weight excluding hydrogens is 324 g/mol. The number of fused-ring (bicyclic) bond motifs is 1. The topological polar surface area (TPSA) is 57.7 Å². The molecule has 2 fully saturated rings. The van der Waals surface area contributed by atoms with E-state index in [4.69, 9.17) is 11.6 Å². The molecule has 1 aromatic carbocycles. The van der Waals surface area contributed by atoms with E-state index in [1.165, 1.54) is 0 Å². The van der Waals surface area contributed by atoms with E-state index in [0.29, 0.717) is 17.3 Å². The summed E-state index contributed by atoms with van der Waals surface area (Å²) in [5, 5.41) is 0.580. The highest BCUT2D eigenvalue weighted by Crippen LogP contribution is 2.36. The summed E-state index contributed by atoms with van der Waals surface area (Å²) in [5.41, 5.74) is 1.60. The molecule has 5 nitrogen and oxygen atoms in total. The molecule has 2 amide bonds. The van der Waals surface area contributed by atoms with Gasteiger partial charge in [0, 0.05) is 17.3 Å². The predicted octanol–water partition coefficient (Wildman–Crippen LogP) is 2.47. The summed E-state index contributed by atoms with van der Waals surface area (Å²) < 4.78 is 24.0. The van der Waals surface area contributed by atoms with E-state index in [0.717, 1.165) is 12.0 Å². The zero-order valence-corrected chi connectivity index (χ0v) is 14.2. The highest BCUT2D eigenvalue weighted by Gasteiger charge is 2.53. The van der Waals surface area contributed by atoms with E-state index in [1.807, 2.05) is 26.0 Å². The van der Waals surface area contributed by atoms with Crippen molar-refractivity contribution >= 4 is 33.2 Å². The van der Waals surface area contributed by atoms with Gasteiger partial charge < -0.3 is 4.90 Å². The first-order valence-electron chi connectivity index (χ1n) is 7.40. The van der Waals surface area contributed by atoms with Gasteiger partial charge in [0.1, 0.15) is 0 Å². The average molecular weight is 343 g/mol. The van der Waals surface area contributed by atoms with Gasteiger partial charge in [-0.1, -0.05) is 24.6 Å². The first kappa shape index (κ1) is 15.6. The molecule has 0 radical (unpaired) electrons. The van der Waals surface area contributed by atoms with Crippen molar-refractivity contribution < 1.29 is 13.2 Å². The summed E-state index contributed by atoms with van der Waals surface area (Å²) in [5.74, 6) is 0.0780. The van der Waals surface area contributed by atoms with Crippen LogP contribution < -0.4 is 4.90 Å². The van der Waals surface area contributed by atoms with E-state index in [2.05, 4.69) is 0 Å². The first-order chi connectivity index (χ1) is 10.3. The molecule has 22 heavy (non-hydrogen) atoms. The maximum absolute atomic E-state index is 12.7. The molecule has 0 spiro atoms. The van der Waals surface area contributed by atoms with Crippen molar-refractivity contribution in [1.82, 2.24) is 4.90 Å². The lowest BCUT2D eigenvalue weighted by Crippen LogP contribution is -2.38. The number of benzene rings is 1. The fraction of sp³-hybridized carbons (Fsp3) is 0.533. The summed E-state index contributed by atoms with van der Waals surface area (Å²) >= 11 is 6.17. The number of sulfone groups is 1. The molecule has 2 saturated heterocycles. The fourth-order valence-electron chi connectivity index (χ4n) is 3.31. The quantitative estimate of drug-likeness (QED) is 0.793. The van der Waals surface area contributed by atoms with Crippen LogP contribution in [0.15, 0.2) is 18.2 Å². The van der Waals surface area contributed by atoms with Crippen molar-refractivity contribution in [1.29, 1.82) is 0 Å². The van der Waals surface area contributed by atoms with Crippen molar-refractivity contribution in [3.8, 4) is 0 Å². The van der Waals surface area contributed by atoms with Crippen LogP contribution in [-0.4, -0.2) is 49.5 Å². The van der Waals surface area contributed by atoms with E-state index in [1.54, 1.807) is 15.9 Å². The van der Waals surface area contributed by atoms with Crippen LogP contribution in [0.25, 0.3) is 0 Å². The molecule has 1 aromatic rings. The van der Waals surface area contributed by atoms with Crippen molar-refractivity contribution in [3.63, 3.8) is 0 Å². The minimum Gasteiger partial charge on any atom is -0.318 e. The van der Waals surface area contributed by atoms with Crippen LogP contribution in [0.2, 0.25) is 5.02 Å². The number of carbonyl (C=O) groups excluding carboxylic acids is 1. The first-order valence-corrected chi connectivity index (χ1v) is 9.60. The van der Waals surface area contributed by atoms with Gasteiger partial charge in [0.05, 0.1) is 23.6 Å². The Morgan fingerprint density at radius 3 is 2.59 bits per heavy atom. The Morgan fingerprint density at radius 1 is 1.27 bits per heavy atom. The Hall–Kier alpha value is -1.27. The lowest BCUT2D eigenvalue weighted by atomic mass is 10.1. The van der Waals surface area contributed by atoms with Gasteiger partial charge in [0.2, 0.25) is 0 Å². The predicted molar refractivity (Wildman–Crippen MR) is 87.3 cm³/mol. The monoisotopic (exact) mass is 342 g/mol. The SMILES string of the molecule is CCCN1C(=O)N(c2ccc(C)c(Cl)c2)[C@@H]2CS(=O)(=O)C[C@H]21. The van der Waals surface area contributed by atoms with Crippen LogP contribution in [0.5, 0.6) is 0 Å². The summed E-state index contributed by atoms with van der Waals surface area (Å²) in [4.78, 5) is 16.0. The summed E-state index contributed by atoms with van der Waals surface area (Å²) in [6, 6.07) is 4.74. The number of aryl methyl sites for hydroxylation is 1. The number of anilines is 1. The third-order valence-electron chi connectivity index (χ3n) is 4.38. The molecule has 120 valence electrons. The highest BCUT2D eigenvalue weighted by atomic mass is 35.5. The van der Waals surface area contributed by atoms with E-state index in [9.17, 15) is 13.2 Å². The second kappa shape index (κ2) is 5.42. The van der Waals surface area contributed by atoms with Crippen LogP contribution in [0, 0.1) is 6.92 Å². The third kappa shape index (κ3) is 2.48. The summed E-state index contributed by atoms with van der Waals surface area (Å²) in [6.07, 6.45) is 0.803. The van der Waals surface area contributed by atoms with Crippen LogP contribution in [0.1, 0.15) is 18.9 Å². The van der Waals surface area contributed by atoms with Crippen molar-refractivity contribution in [2.24, 2.45) is 0 Å². The number of hydrogen-bond donors (Lipinski definition) is 0. The van der Waals surface area contributed by atoms with Crippen LogP contribution in [0.3, 0.4) is 0 Å². The zero-order valence-electron chi connectivity index (χ0n) is 12.6. The molecule has 2 aliphatic heterocycles. The molecule has 7 heteroatoms. The number of carbonyl (C=O) groups is 1. The molecule has 2 heterocycles. The Morgan fingerprint density at radius 2 is 1.95 bits per heavy atom. The minimum atomic E-state index is -3.11. The van der Waals surface area contributed by atoms with Crippen LogP contribution in [0.4, 0.5) is 10.5 Å². The molecule has 0 aliphatic carbocycles. The minimum absolute atomic E-state index is 0.0229. The smallest absolute Gasteiger partial charge is 0.318 e. The van der Waals surface area contributed by atoms with Crippen molar-refractivity contribution in [3.05, 3.63) is 28.8 Å². The number of urea groups is 1. The van der Waals surface area contributed by atoms with E-state index >= 15 is 0 Å². The summed E-state index contributed by atoms with van der Waals surface area (Å²) in [7, 11) is -3.11. The molecule has 0 N–H and O–H groups in total. The lowest BCUT2D eigenvalue weighted by molar-refractivity contribution is 0.209. The Labute approximate surface area is 135 Å². The number of rotatable bonds is 3. The van der Waals surface area contributed by atoms with Gasteiger partial charge in [-0.2, -0.15) is 0 Å². The maximum Gasteiger partial charge on any atom is 0.325 e. The largest absolute Gasteiger partial charge is 0.325 e. The van der Waals surface area contributed by atoms with Crippen molar-refractivity contribution in [2.75, 3.05) is 23.0 Å². The third-order valence-corrected chi connectivity index (χ3v) is 6.48. The lowest BCUT2D eigenvalue weighted by Gasteiger charge is -2.22. The Kier molecular flexibility index (Phi) is 3.85. The molecular formula is C15H19ClN2O3S. The Balaban J connectivity index is 2.02. The molecule has 0 saturated carbocycles. The van der Waals surface area contributed by atoms with Crippen LogP contribution >= 0.6 is 11.6 Å². The van der Waals surface area contributed by atoms with Gasteiger partial charge in [-0.25, -0.2) is 13.2 Å². The number of amides is 2. The second-order valence-corrected chi connectivity index (χ2v) is 8.55. The van der Waals surface area contributed by atoms with Gasteiger partial charge in [-0.15, -0.1) is 0 Å². The van der Waals surface area contributed by atoms with E-state index < -0.39 is 9.84 Å². The normalized spacial score (nSPS) is 26.6. The molecule has 0 unspecified atom stereocenters. The fourth-order valence-corrected chi connectivity index (χ4v) is 5.44. The van der Waals surface area contributed by atoms with Gasteiger partial charge in [0.15, 0.2) is 9.84 Å². The number of nitrogens with zero attached hydrogens (tertiary/aromatic N) is 2. The Bertz CT molecular complexity index is 719. The average Bonchev–Trinajstić information content (AvgIpc) is 2.86. The molecule has 2 atom stereocenters. The maximum atomic E-state index is 12.7. The van der Waals surface area contributed by atoms with Gasteiger partial charge in [0.25, 0.3) is 0 Å². The zero-order chi connectivity index (χ0) is 16.1. The molecule has 2 aliphatic rings. The standard InChI is InChI=1S/C15H19ClN2O3S/c1-3-6-17-13-8-22(20,21)9-14(13)18(15(17)19)11-5-4-10(2)12(16)7-11/h4-5,7,13-14H,3,6,8-9H2,1-2H3/t13-,14-/m1/s1. The second-order valence-electron chi connectivity index (χ2n) is 5.99. The highest BCUT2D eigenvalue weighted by molar-refractivity contribution is 7.91. The van der Waals surface area contributed by atoms with Gasteiger partial charge in [-0.3, -0.25) is 4.90 Å². The summed E-state index contributed by atoms with van der Waals surface area (Å²) in [6.45, 7) is 4.45. The molecule has 3 rings (SSSR count). The number of hydrogen-bond acceptors (Lipinski definition) is 3. The molecule has 0 aromatic heterocycles. The molecule has 0 bridgehead atoms. The van der Waals surface area contributed by atoms with Gasteiger partial charge >= 0.3 is 6.03 Å². The number of halogens is 1. The van der Waals surface area contributed by atoms with E-state index in [-0.39, 0.29) is 29.6 Å².